The fourth-order valence-corrected chi connectivity index (χ4v) is 11.0. The minimum Gasteiger partial charge on any atom is -0.346 e. The Morgan fingerprint density at radius 3 is 2.27 bits per heavy atom. The van der Waals surface area contributed by atoms with Crippen LogP contribution in [-0.2, 0) is 29.0 Å². The molecular weight excluding hydrogens is 681 g/mol. The number of alkyl halides is 2. The number of halogens is 2. The molecule has 5 amide bonds. The number of rotatable bonds is 13. The van der Waals surface area contributed by atoms with Crippen molar-refractivity contribution in [1.29, 1.82) is 0 Å². The number of Topliss-reactive ketones (excluding diaryl/α,β-unsaturated/α-hetero) is 1. The standard InChI is InChI=1S/C33H51Cl2N5O7S/c1-6-8-13-21(25(41)28(43)36-17-7-2)37-27(42)24-23-20(33(23,34)35)19-40(24)29(44)26(31(3,4)5)38-30(45)39-32(15-10-9-11-16-32)22-14-12-18-48(22,46)47/h7,20-24,26H,2,6,8-19H2,1,3-5H3,(H,36,43)(H,37,42)(H2,38,39,45)/t20-,21-,22+,23-,24-,26+/m0/s1. The van der Waals surface area contributed by atoms with Crippen LogP contribution in [0.4, 0.5) is 4.79 Å². The van der Waals surface area contributed by atoms with Crippen molar-refractivity contribution in [2.45, 2.75) is 125 Å². The van der Waals surface area contributed by atoms with Crippen LogP contribution in [-0.4, -0.2) is 94.9 Å². The number of carbonyl (C=O) groups excluding carboxylic acids is 5. The van der Waals surface area contributed by atoms with Crippen molar-refractivity contribution in [2.24, 2.45) is 17.3 Å². The first-order chi connectivity index (χ1) is 22.4. The molecule has 4 fully saturated rings. The highest BCUT2D eigenvalue weighted by molar-refractivity contribution is 7.92. The third-order valence-electron chi connectivity index (χ3n) is 10.4. The zero-order chi connectivity index (χ0) is 35.7. The smallest absolute Gasteiger partial charge is 0.315 e. The number of hydrogen-bond acceptors (Lipinski definition) is 7. The second-order valence-electron chi connectivity index (χ2n) is 14.9. The number of nitrogens with one attached hydrogen (secondary N) is 4. The van der Waals surface area contributed by atoms with E-state index in [9.17, 15) is 32.4 Å². The van der Waals surface area contributed by atoms with Gasteiger partial charge in [-0.25, -0.2) is 13.2 Å². The monoisotopic (exact) mass is 731 g/mol. The minimum absolute atomic E-state index is 0.0577. The van der Waals surface area contributed by atoms with Crippen LogP contribution >= 0.6 is 23.2 Å². The molecule has 12 nitrogen and oxygen atoms in total. The average molecular weight is 733 g/mol. The lowest BCUT2D eigenvalue weighted by Crippen LogP contribution is -2.65. The average Bonchev–Trinajstić information content (AvgIpc) is 3.33. The number of hydrogen-bond donors (Lipinski definition) is 4. The van der Waals surface area contributed by atoms with E-state index < -0.39 is 89.9 Å². The van der Waals surface area contributed by atoms with Gasteiger partial charge >= 0.3 is 6.03 Å². The number of urea groups is 1. The first-order valence-electron chi connectivity index (χ1n) is 17.1. The quantitative estimate of drug-likeness (QED) is 0.128. The van der Waals surface area contributed by atoms with Gasteiger partial charge in [-0.2, -0.15) is 0 Å². The number of carbonyl (C=O) groups is 5. The molecule has 0 aromatic rings. The first-order valence-corrected chi connectivity index (χ1v) is 19.6. The summed E-state index contributed by atoms with van der Waals surface area (Å²) in [5, 5.41) is 10.3. The predicted octanol–water partition coefficient (Wildman–Crippen LogP) is 3.16. The molecular formula is C33H51Cl2N5O7S. The van der Waals surface area contributed by atoms with Crippen LogP contribution < -0.4 is 21.3 Å². The van der Waals surface area contributed by atoms with Gasteiger partial charge in [-0.05, 0) is 37.5 Å². The van der Waals surface area contributed by atoms with E-state index in [1.54, 1.807) is 20.8 Å². The van der Waals surface area contributed by atoms with E-state index in [2.05, 4.69) is 27.8 Å². The molecule has 2 saturated carbocycles. The van der Waals surface area contributed by atoms with Crippen LogP contribution in [0.5, 0.6) is 0 Å². The Morgan fingerprint density at radius 2 is 1.71 bits per heavy atom. The van der Waals surface area contributed by atoms with Gasteiger partial charge < -0.3 is 26.2 Å². The summed E-state index contributed by atoms with van der Waals surface area (Å²) >= 11 is 13.1. The van der Waals surface area contributed by atoms with Gasteiger partial charge in [0.15, 0.2) is 9.84 Å². The summed E-state index contributed by atoms with van der Waals surface area (Å²) in [6, 6.07) is -4.02. The highest BCUT2D eigenvalue weighted by atomic mass is 35.5. The zero-order valence-corrected chi connectivity index (χ0v) is 30.7. The van der Waals surface area contributed by atoms with E-state index >= 15 is 0 Å². The Morgan fingerprint density at radius 1 is 1.04 bits per heavy atom. The normalized spacial score (nSPS) is 27.9. The van der Waals surface area contributed by atoms with E-state index in [0.29, 0.717) is 38.5 Å². The number of sulfone groups is 1. The van der Waals surface area contributed by atoms with Crippen molar-refractivity contribution in [3.05, 3.63) is 12.7 Å². The molecule has 2 saturated heterocycles. The van der Waals surface area contributed by atoms with Crippen molar-refractivity contribution in [2.75, 3.05) is 18.8 Å². The molecule has 2 aliphatic carbocycles. The summed E-state index contributed by atoms with van der Waals surface area (Å²) in [6.07, 6.45) is 7.57. The molecule has 0 bridgehead atoms. The Kier molecular flexibility index (Phi) is 11.9. The van der Waals surface area contributed by atoms with Gasteiger partial charge in [0, 0.05) is 24.9 Å². The maximum Gasteiger partial charge on any atom is 0.315 e. The Bertz CT molecular complexity index is 1390. The van der Waals surface area contributed by atoms with Crippen LogP contribution in [0.25, 0.3) is 0 Å². The van der Waals surface area contributed by atoms with Crippen LogP contribution in [0.1, 0.15) is 91.9 Å². The molecule has 0 aromatic carbocycles. The highest BCUT2D eigenvalue weighted by Crippen LogP contribution is 2.65. The largest absolute Gasteiger partial charge is 0.346 e. The highest BCUT2D eigenvalue weighted by Gasteiger charge is 2.74. The lowest BCUT2D eigenvalue weighted by atomic mass is 9.78. The molecule has 2 aliphatic heterocycles. The molecule has 2 heterocycles. The van der Waals surface area contributed by atoms with Gasteiger partial charge in [-0.3, -0.25) is 19.2 Å². The molecule has 270 valence electrons. The van der Waals surface area contributed by atoms with E-state index in [1.165, 1.54) is 11.0 Å². The lowest BCUT2D eigenvalue weighted by molar-refractivity contribution is -0.144. The molecule has 0 unspecified atom stereocenters. The van der Waals surface area contributed by atoms with Gasteiger partial charge in [0.05, 0.1) is 22.6 Å². The third kappa shape index (κ3) is 7.98. The summed E-state index contributed by atoms with van der Waals surface area (Å²) in [4.78, 5) is 68.9. The number of piperidine rings is 1. The summed E-state index contributed by atoms with van der Waals surface area (Å²) in [5.41, 5.74) is -1.74. The van der Waals surface area contributed by atoms with Crippen LogP contribution in [0.3, 0.4) is 0 Å². The van der Waals surface area contributed by atoms with Gasteiger partial charge in [0.2, 0.25) is 17.6 Å². The summed E-state index contributed by atoms with van der Waals surface area (Å²) < 4.78 is 24.8. The Hall–Kier alpha value is -2.38. The molecule has 4 rings (SSSR count). The Balaban J connectivity index is 1.55. The molecule has 15 heteroatoms. The summed E-state index contributed by atoms with van der Waals surface area (Å²) in [6.45, 7) is 10.9. The van der Waals surface area contributed by atoms with Gasteiger partial charge in [0.25, 0.3) is 5.91 Å². The third-order valence-corrected chi connectivity index (χ3v) is 13.9. The molecule has 6 atom stereocenters. The molecule has 48 heavy (non-hydrogen) atoms. The number of fused-ring (bicyclic) bond motifs is 1. The second-order valence-corrected chi connectivity index (χ2v) is 18.7. The van der Waals surface area contributed by atoms with E-state index in [4.69, 9.17) is 23.2 Å². The number of unbranched alkanes of at least 4 members (excludes halogenated alkanes) is 1. The fourth-order valence-electron chi connectivity index (χ4n) is 7.81. The maximum atomic E-state index is 14.4. The van der Waals surface area contributed by atoms with Crippen molar-refractivity contribution < 1.29 is 32.4 Å². The van der Waals surface area contributed by atoms with Crippen LogP contribution in [0.15, 0.2) is 12.7 Å². The van der Waals surface area contributed by atoms with Crippen molar-refractivity contribution in [1.82, 2.24) is 26.2 Å². The fraction of sp³-hybridized carbons (Fsp3) is 0.788. The van der Waals surface area contributed by atoms with Gasteiger partial charge in [-0.15, -0.1) is 29.8 Å². The summed E-state index contributed by atoms with van der Waals surface area (Å²) in [7, 11) is -3.38. The number of nitrogens with zero attached hydrogens (tertiary/aromatic N) is 1. The van der Waals surface area contributed by atoms with Crippen LogP contribution in [0, 0.1) is 17.3 Å². The number of amides is 5. The maximum absolute atomic E-state index is 14.4. The second kappa shape index (κ2) is 14.8. The SMILES string of the molecule is C=CCNC(=O)C(=O)[C@H](CCCC)NC(=O)[C@@H]1[C@@H]2[C@H](CN1C(=O)[C@@H](NC(=O)NC1([C@H]3CCCS3(=O)=O)CCCCC1)C(C)(C)C)C2(Cl)Cl. The Labute approximate surface area is 294 Å². The molecule has 4 aliphatic rings. The van der Waals surface area contributed by atoms with E-state index in [0.717, 1.165) is 19.3 Å². The minimum atomic E-state index is -3.38. The van der Waals surface area contributed by atoms with Crippen molar-refractivity contribution in [3.8, 4) is 0 Å². The molecule has 0 aromatic heterocycles. The van der Waals surface area contributed by atoms with Gasteiger partial charge in [0.1, 0.15) is 16.4 Å². The topological polar surface area (TPSA) is 171 Å². The first kappa shape index (κ1) is 38.4. The van der Waals surface area contributed by atoms with E-state index in [-0.39, 0.29) is 25.3 Å². The van der Waals surface area contributed by atoms with Crippen LogP contribution in [0.2, 0.25) is 0 Å². The summed E-state index contributed by atoms with van der Waals surface area (Å²) in [5.74, 6) is -3.78. The van der Waals surface area contributed by atoms with Crippen molar-refractivity contribution in [3.63, 3.8) is 0 Å². The predicted molar refractivity (Wildman–Crippen MR) is 184 cm³/mol. The van der Waals surface area contributed by atoms with Gasteiger partial charge in [-0.1, -0.05) is 65.9 Å². The zero-order valence-electron chi connectivity index (χ0n) is 28.4. The van der Waals surface area contributed by atoms with E-state index in [1.807, 2.05) is 6.92 Å². The lowest BCUT2D eigenvalue weighted by Gasteiger charge is -2.43. The molecule has 0 spiro atoms. The molecule has 0 radical (unpaired) electrons. The van der Waals surface area contributed by atoms with Crippen molar-refractivity contribution >= 4 is 62.6 Å². The number of likely N-dealkylation sites (tertiary alicyclic amines) is 1. The molecule has 4 N–H and O–H groups in total. The number of ketones is 1.